The van der Waals surface area contributed by atoms with Crippen LogP contribution in [0.1, 0.15) is 19.3 Å². The lowest BCUT2D eigenvalue weighted by atomic mass is 10.2. The van der Waals surface area contributed by atoms with Crippen molar-refractivity contribution in [3.63, 3.8) is 0 Å². The summed E-state index contributed by atoms with van der Waals surface area (Å²) in [6.45, 7) is 0. The summed E-state index contributed by atoms with van der Waals surface area (Å²) in [4.78, 5) is 46.0. The first-order valence-corrected chi connectivity index (χ1v) is 8.12. The van der Waals surface area contributed by atoms with Crippen LogP contribution in [0.5, 0.6) is 0 Å². The topological polar surface area (TPSA) is 111 Å². The molecule has 0 aliphatic rings. The molecule has 0 aromatic carbocycles. The standard InChI is InChI=1S/C13H22N2O6S2/c1-20-12(18)8(6-22)14-10(16)4-3-5-11(17)15-9(7-23)13(19)21-2/h8-9,22-23H,3-7H2,1-2H3,(H,14,16)(H,15,17)/t8-,9-/m0/s1. The van der Waals surface area contributed by atoms with Gasteiger partial charge in [0.2, 0.25) is 11.8 Å². The summed E-state index contributed by atoms with van der Waals surface area (Å²) in [6.07, 6.45) is 0.371. The Morgan fingerprint density at radius 2 is 1.17 bits per heavy atom. The van der Waals surface area contributed by atoms with E-state index in [0.29, 0.717) is 0 Å². The van der Waals surface area contributed by atoms with Gasteiger partial charge in [0.1, 0.15) is 12.1 Å². The maximum Gasteiger partial charge on any atom is 0.329 e. The Hall–Kier alpha value is -1.42. The summed E-state index contributed by atoms with van der Waals surface area (Å²) in [5.74, 6) is -1.72. The largest absolute Gasteiger partial charge is 0.467 e. The van der Waals surface area contributed by atoms with Crippen molar-refractivity contribution in [2.45, 2.75) is 31.3 Å². The molecule has 2 N–H and O–H groups in total. The number of carbonyl (C=O) groups is 4. The lowest BCUT2D eigenvalue weighted by Crippen LogP contribution is -2.43. The fraction of sp³-hybridized carbons (Fsp3) is 0.692. The maximum atomic E-state index is 11.7. The highest BCUT2D eigenvalue weighted by atomic mass is 32.1. The zero-order valence-corrected chi connectivity index (χ0v) is 14.8. The second kappa shape index (κ2) is 12.1. The van der Waals surface area contributed by atoms with Gasteiger partial charge in [-0.15, -0.1) is 0 Å². The number of hydrogen-bond acceptors (Lipinski definition) is 8. The van der Waals surface area contributed by atoms with Gasteiger partial charge >= 0.3 is 11.9 Å². The lowest BCUT2D eigenvalue weighted by molar-refractivity contribution is -0.144. The quantitative estimate of drug-likeness (QED) is 0.302. The minimum Gasteiger partial charge on any atom is -0.467 e. The van der Waals surface area contributed by atoms with Crippen molar-refractivity contribution in [3.8, 4) is 0 Å². The van der Waals surface area contributed by atoms with Gasteiger partial charge in [-0.1, -0.05) is 0 Å². The molecular weight excluding hydrogens is 344 g/mol. The number of ether oxygens (including phenoxy) is 2. The van der Waals surface area contributed by atoms with Crippen molar-refractivity contribution in [2.24, 2.45) is 0 Å². The number of hydrogen-bond donors (Lipinski definition) is 4. The molecule has 0 aliphatic carbocycles. The van der Waals surface area contributed by atoms with Gasteiger partial charge in [0.05, 0.1) is 14.2 Å². The molecular formula is C13H22N2O6S2. The van der Waals surface area contributed by atoms with E-state index in [0.717, 1.165) is 0 Å². The minimum absolute atomic E-state index is 0.0540. The molecule has 2 atom stereocenters. The molecule has 0 aliphatic heterocycles. The Bertz CT molecular complexity index is 395. The van der Waals surface area contributed by atoms with Crippen LogP contribution in [0.3, 0.4) is 0 Å². The molecule has 0 saturated heterocycles. The summed E-state index contributed by atoms with van der Waals surface area (Å²) >= 11 is 7.91. The van der Waals surface area contributed by atoms with Crippen molar-refractivity contribution < 1.29 is 28.7 Å². The van der Waals surface area contributed by atoms with Crippen LogP contribution in [0.4, 0.5) is 0 Å². The molecule has 0 unspecified atom stereocenters. The Kier molecular flexibility index (Phi) is 11.3. The van der Waals surface area contributed by atoms with E-state index >= 15 is 0 Å². The summed E-state index contributed by atoms with van der Waals surface area (Å²) in [5, 5.41) is 4.93. The predicted molar refractivity (Wildman–Crippen MR) is 89.5 cm³/mol. The van der Waals surface area contributed by atoms with Crippen LogP contribution >= 0.6 is 25.3 Å². The third kappa shape index (κ3) is 8.70. The van der Waals surface area contributed by atoms with Crippen molar-refractivity contribution in [3.05, 3.63) is 0 Å². The second-order valence-electron chi connectivity index (χ2n) is 4.51. The molecule has 132 valence electrons. The zero-order valence-electron chi connectivity index (χ0n) is 13.0. The average Bonchev–Trinajstić information content (AvgIpc) is 2.55. The smallest absolute Gasteiger partial charge is 0.329 e. The van der Waals surface area contributed by atoms with Gasteiger partial charge in [-0.25, -0.2) is 9.59 Å². The second-order valence-corrected chi connectivity index (χ2v) is 5.24. The molecule has 0 bridgehead atoms. The maximum absolute atomic E-state index is 11.7. The summed E-state index contributed by atoms with van der Waals surface area (Å²) in [5.41, 5.74) is 0. The number of carbonyl (C=O) groups excluding carboxylic acids is 4. The lowest BCUT2D eigenvalue weighted by Gasteiger charge is -2.15. The number of nitrogens with one attached hydrogen (secondary N) is 2. The first-order chi connectivity index (χ1) is 10.9. The van der Waals surface area contributed by atoms with Gasteiger partial charge in [-0.3, -0.25) is 9.59 Å². The summed E-state index contributed by atoms with van der Waals surface area (Å²) in [7, 11) is 2.43. The summed E-state index contributed by atoms with van der Waals surface area (Å²) in [6, 6.07) is -1.64. The number of rotatable bonds is 10. The van der Waals surface area contributed by atoms with Crippen LogP contribution in [0, 0.1) is 0 Å². The highest BCUT2D eigenvalue weighted by molar-refractivity contribution is 7.80. The van der Waals surface area contributed by atoms with Crippen LogP contribution in [-0.4, -0.2) is 61.6 Å². The van der Waals surface area contributed by atoms with Crippen LogP contribution in [0.15, 0.2) is 0 Å². The van der Waals surface area contributed by atoms with E-state index in [1.165, 1.54) is 14.2 Å². The van der Waals surface area contributed by atoms with E-state index in [1.807, 2.05) is 0 Å². The number of amides is 2. The van der Waals surface area contributed by atoms with Gasteiger partial charge in [0.15, 0.2) is 0 Å². The monoisotopic (exact) mass is 366 g/mol. The summed E-state index contributed by atoms with van der Waals surface area (Å²) < 4.78 is 9.04. The average molecular weight is 366 g/mol. The number of thiol groups is 2. The SMILES string of the molecule is COC(=O)[C@H](CS)NC(=O)CCCC(=O)N[C@@H](CS)C(=O)OC. The molecule has 0 aromatic rings. The van der Waals surface area contributed by atoms with Crippen molar-refractivity contribution in [2.75, 3.05) is 25.7 Å². The Morgan fingerprint density at radius 3 is 1.43 bits per heavy atom. The highest BCUT2D eigenvalue weighted by Gasteiger charge is 2.21. The van der Waals surface area contributed by atoms with Crippen LogP contribution in [0.25, 0.3) is 0 Å². The van der Waals surface area contributed by atoms with Gasteiger partial charge in [0.25, 0.3) is 0 Å². The van der Waals surface area contributed by atoms with E-state index in [2.05, 4.69) is 45.4 Å². The minimum atomic E-state index is -0.822. The number of esters is 2. The molecule has 0 spiro atoms. The van der Waals surface area contributed by atoms with Crippen LogP contribution < -0.4 is 10.6 Å². The van der Waals surface area contributed by atoms with Gasteiger partial charge in [-0.05, 0) is 6.42 Å². The van der Waals surface area contributed by atoms with Crippen molar-refractivity contribution >= 4 is 49.0 Å². The molecule has 2 amide bonds. The van der Waals surface area contributed by atoms with Crippen LogP contribution in [0.2, 0.25) is 0 Å². The molecule has 0 heterocycles. The van der Waals surface area contributed by atoms with E-state index in [9.17, 15) is 19.2 Å². The van der Waals surface area contributed by atoms with Gasteiger partial charge < -0.3 is 20.1 Å². The Labute approximate surface area is 145 Å². The molecule has 0 saturated carbocycles. The van der Waals surface area contributed by atoms with Crippen molar-refractivity contribution in [1.82, 2.24) is 10.6 Å². The van der Waals surface area contributed by atoms with Crippen LogP contribution in [-0.2, 0) is 28.7 Å². The van der Waals surface area contributed by atoms with E-state index < -0.39 is 24.0 Å². The fourth-order valence-electron chi connectivity index (χ4n) is 1.59. The molecule has 0 aromatic heterocycles. The first kappa shape index (κ1) is 21.6. The van der Waals surface area contributed by atoms with E-state index in [4.69, 9.17) is 0 Å². The first-order valence-electron chi connectivity index (χ1n) is 6.85. The normalized spacial score (nSPS) is 12.7. The van der Waals surface area contributed by atoms with E-state index in [-0.39, 0.29) is 42.6 Å². The molecule has 8 nitrogen and oxygen atoms in total. The third-order valence-electron chi connectivity index (χ3n) is 2.81. The molecule has 0 radical (unpaired) electrons. The molecule has 23 heavy (non-hydrogen) atoms. The molecule has 10 heteroatoms. The van der Waals surface area contributed by atoms with Gasteiger partial charge in [0, 0.05) is 24.3 Å². The fourth-order valence-corrected chi connectivity index (χ4v) is 2.07. The number of methoxy groups -OCH3 is 2. The van der Waals surface area contributed by atoms with E-state index in [1.54, 1.807) is 0 Å². The molecule has 0 rings (SSSR count). The predicted octanol–water partition coefficient (Wildman–Crippen LogP) is -0.668. The van der Waals surface area contributed by atoms with Crippen molar-refractivity contribution in [1.29, 1.82) is 0 Å². The molecule has 0 fully saturated rings. The highest BCUT2D eigenvalue weighted by Crippen LogP contribution is 2.00. The Morgan fingerprint density at radius 1 is 0.826 bits per heavy atom. The third-order valence-corrected chi connectivity index (χ3v) is 3.54. The Balaban J connectivity index is 4.14. The zero-order chi connectivity index (χ0) is 17.8. The van der Waals surface area contributed by atoms with Gasteiger partial charge in [-0.2, -0.15) is 25.3 Å².